The number of carbonyl (C=O) groups is 1. The molecule has 1 amide bonds. The number of nitrogens with one attached hydrogen (secondary N) is 1. The van der Waals surface area contributed by atoms with E-state index >= 15 is 0 Å². The van der Waals surface area contributed by atoms with Gasteiger partial charge in [0, 0.05) is 0 Å². The molecule has 0 saturated heterocycles. The van der Waals surface area contributed by atoms with Gasteiger partial charge in [0.2, 0.25) is 5.91 Å². The van der Waals surface area contributed by atoms with Crippen LogP contribution in [0.1, 0.15) is 42.4 Å². The summed E-state index contributed by atoms with van der Waals surface area (Å²) in [5.41, 5.74) is 3.80. The predicted molar refractivity (Wildman–Crippen MR) is 80.0 cm³/mol. The number of aliphatic hydroxyl groups excluding tert-OH is 2. The van der Waals surface area contributed by atoms with Gasteiger partial charge < -0.3 is 15.5 Å². The van der Waals surface area contributed by atoms with Gasteiger partial charge in [-0.05, 0) is 55.2 Å². The first-order chi connectivity index (χ1) is 10.1. The SMILES string of the molecule is O=C(Cc1ccc2c(c1)CCC2)N[C@@H]1CCC[C@@H](O)[C@@H]1O. The molecule has 2 aliphatic rings. The van der Waals surface area contributed by atoms with E-state index in [0.29, 0.717) is 12.8 Å². The van der Waals surface area contributed by atoms with Crippen molar-refractivity contribution in [3.63, 3.8) is 0 Å². The Morgan fingerprint density at radius 1 is 1.14 bits per heavy atom. The fraction of sp³-hybridized carbons (Fsp3) is 0.588. The fourth-order valence-electron chi connectivity index (χ4n) is 3.49. The molecular weight excluding hydrogens is 266 g/mol. The molecule has 0 aliphatic heterocycles. The first-order valence-corrected chi connectivity index (χ1v) is 7.89. The van der Waals surface area contributed by atoms with Crippen LogP contribution in [0, 0.1) is 0 Å². The molecule has 3 atom stereocenters. The van der Waals surface area contributed by atoms with Gasteiger partial charge >= 0.3 is 0 Å². The minimum Gasteiger partial charge on any atom is -0.390 e. The van der Waals surface area contributed by atoms with Crippen molar-refractivity contribution in [2.45, 2.75) is 63.2 Å². The van der Waals surface area contributed by atoms with Crippen LogP contribution in [0.3, 0.4) is 0 Å². The molecule has 114 valence electrons. The van der Waals surface area contributed by atoms with Crippen LogP contribution in [0.2, 0.25) is 0 Å². The highest BCUT2D eigenvalue weighted by molar-refractivity contribution is 5.79. The normalized spacial score (nSPS) is 28.2. The summed E-state index contributed by atoms with van der Waals surface area (Å²) in [6, 6.07) is 5.96. The number of hydrogen-bond donors (Lipinski definition) is 3. The summed E-state index contributed by atoms with van der Waals surface area (Å²) >= 11 is 0. The Morgan fingerprint density at radius 2 is 1.95 bits per heavy atom. The molecule has 0 aromatic heterocycles. The standard InChI is InChI=1S/C17H23NO3/c19-15-6-2-5-14(17(15)21)18-16(20)10-11-7-8-12-3-1-4-13(12)9-11/h7-9,14-15,17,19,21H,1-6,10H2,(H,18,20)/t14-,15-,17-/m1/s1. The molecule has 0 bridgehead atoms. The van der Waals surface area contributed by atoms with Gasteiger partial charge in [-0.15, -0.1) is 0 Å². The second-order valence-corrected chi connectivity index (χ2v) is 6.30. The number of carbonyl (C=O) groups excluding carboxylic acids is 1. The van der Waals surface area contributed by atoms with Crippen molar-refractivity contribution in [1.29, 1.82) is 0 Å². The van der Waals surface area contributed by atoms with Crippen LogP contribution in [0.15, 0.2) is 18.2 Å². The number of hydrogen-bond acceptors (Lipinski definition) is 3. The van der Waals surface area contributed by atoms with Crippen LogP contribution in [-0.4, -0.2) is 34.4 Å². The van der Waals surface area contributed by atoms with Gasteiger partial charge in [-0.1, -0.05) is 18.2 Å². The molecule has 2 aliphatic carbocycles. The van der Waals surface area contributed by atoms with Crippen LogP contribution >= 0.6 is 0 Å². The third-order valence-electron chi connectivity index (χ3n) is 4.70. The van der Waals surface area contributed by atoms with E-state index in [9.17, 15) is 15.0 Å². The summed E-state index contributed by atoms with van der Waals surface area (Å²) < 4.78 is 0. The number of fused-ring (bicyclic) bond motifs is 1. The van der Waals surface area contributed by atoms with Gasteiger partial charge in [-0.25, -0.2) is 0 Å². The molecule has 3 rings (SSSR count). The van der Waals surface area contributed by atoms with E-state index in [1.165, 1.54) is 17.5 Å². The van der Waals surface area contributed by atoms with Crippen LogP contribution in [0.25, 0.3) is 0 Å². The Kier molecular flexibility index (Phi) is 4.27. The van der Waals surface area contributed by atoms with Crippen molar-refractivity contribution in [1.82, 2.24) is 5.32 Å². The molecule has 4 nitrogen and oxygen atoms in total. The molecule has 1 aromatic carbocycles. The maximum absolute atomic E-state index is 12.1. The van der Waals surface area contributed by atoms with Gasteiger partial charge in [-0.2, -0.15) is 0 Å². The third-order valence-corrected chi connectivity index (χ3v) is 4.70. The van der Waals surface area contributed by atoms with Crippen molar-refractivity contribution in [3.8, 4) is 0 Å². The summed E-state index contributed by atoms with van der Waals surface area (Å²) in [6.45, 7) is 0. The predicted octanol–water partition coefficient (Wildman–Crippen LogP) is 1.11. The first-order valence-electron chi connectivity index (χ1n) is 7.89. The largest absolute Gasteiger partial charge is 0.390 e. The summed E-state index contributed by atoms with van der Waals surface area (Å²) in [5, 5.41) is 22.4. The van der Waals surface area contributed by atoms with E-state index in [4.69, 9.17) is 0 Å². The summed E-state index contributed by atoms with van der Waals surface area (Å²) in [4.78, 5) is 12.1. The highest BCUT2D eigenvalue weighted by atomic mass is 16.3. The Morgan fingerprint density at radius 3 is 2.81 bits per heavy atom. The minimum absolute atomic E-state index is 0.0777. The Labute approximate surface area is 125 Å². The molecule has 0 radical (unpaired) electrons. The summed E-state index contributed by atoms with van der Waals surface area (Å²) in [5.74, 6) is -0.0777. The van der Waals surface area contributed by atoms with Crippen molar-refractivity contribution in [3.05, 3.63) is 34.9 Å². The Balaban J connectivity index is 1.59. The molecule has 0 spiro atoms. The van der Waals surface area contributed by atoms with Crippen LogP contribution in [-0.2, 0) is 24.1 Å². The van der Waals surface area contributed by atoms with E-state index < -0.39 is 12.2 Å². The van der Waals surface area contributed by atoms with E-state index in [2.05, 4.69) is 17.4 Å². The van der Waals surface area contributed by atoms with Crippen LogP contribution in [0.5, 0.6) is 0 Å². The van der Waals surface area contributed by atoms with Crippen LogP contribution < -0.4 is 5.32 Å². The Hall–Kier alpha value is -1.39. The lowest BCUT2D eigenvalue weighted by Crippen LogP contribution is -2.51. The Bertz CT molecular complexity index is 529. The van der Waals surface area contributed by atoms with Crippen molar-refractivity contribution >= 4 is 5.91 Å². The second kappa shape index (κ2) is 6.16. The zero-order valence-electron chi connectivity index (χ0n) is 12.2. The number of amides is 1. The van der Waals surface area contributed by atoms with Gasteiger partial charge in [0.15, 0.2) is 0 Å². The maximum Gasteiger partial charge on any atom is 0.224 e. The molecular formula is C17H23NO3. The lowest BCUT2D eigenvalue weighted by Gasteiger charge is -2.32. The van der Waals surface area contributed by atoms with Crippen molar-refractivity contribution in [2.24, 2.45) is 0 Å². The summed E-state index contributed by atoms with van der Waals surface area (Å²) in [6.07, 6.45) is 4.41. The van der Waals surface area contributed by atoms with Gasteiger partial charge in [-0.3, -0.25) is 4.79 Å². The van der Waals surface area contributed by atoms with Gasteiger partial charge in [0.05, 0.1) is 24.7 Å². The third kappa shape index (κ3) is 3.27. The lowest BCUT2D eigenvalue weighted by atomic mass is 9.90. The molecule has 1 saturated carbocycles. The van der Waals surface area contributed by atoms with E-state index in [1.54, 1.807) is 0 Å². The molecule has 0 unspecified atom stereocenters. The number of benzene rings is 1. The van der Waals surface area contributed by atoms with Crippen molar-refractivity contribution in [2.75, 3.05) is 0 Å². The molecule has 1 aromatic rings. The molecule has 3 N–H and O–H groups in total. The molecule has 0 heterocycles. The van der Waals surface area contributed by atoms with Crippen molar-refractivity contribution < 1.29 is 15.0 Å². The average molecular weight is 289 g/mol. The highest BCUT2D eigenvalue weighted by Crippen LogP contribution is 2.23. The van der Waals surface area contributed by atoms with E-state index in [-0.39, 0.29) is 11.9 Å². The number of aryl methyl sites for hydroxylation is 2. The summed E-state index contributed by atoms with van der Waals surface area (Å²) in [7, 11) is 0. The monoisotopic (exact) mass is 289 g/mol. The zero-order chi connectivity index (χ0) is 14.8. The van der Waals surface area contributed by atoms with Gasteiger partial charge in [0.1, 0.15) is 0 Å². The average Bonchev–Trinajstić information content (AvgIpc) is 2.91. The zero-order valence-corrected chi connectivity index (χ0v) is 12.2. The molecule has 1 fully saturated rings. The first kappa shape index (κ1) is 14.5. The quantitative estimate of drug-likeness (QED) is 0.780. The molecule has 21 heavy (non-hydrogen) atoms. The lowest BCUT2D eigenvalue weighted by molar-refractivity contribution is -0.123. The molecule has 4 heteroatoms. The maximum atomic E-state index is 12.1. The minimum atomic E-state index is -0.845. The number of aliphatic hydroxyl groups is 2. The van der Waals surface area contributed by atoms with E-state index in [1.807, 2.05) is 6.07 Å². The topological polar surface area (TPSA) is 69.6 Å². The van der Waals surface area contributed by atoms with Gasteiger partial charge in [0.25, 0.3) is 0 Å². The number of rotatable bonds is 3. The fourth-order valence-corrected chi connectivity index (χ4v) is 3.49. The highest BCUT2D eigenvalue weighted by Gasteiger charge is 2.31. The smallest absolute Gasteiger partial charge is 0.224 e. The van der Waals surface area contributed by atoms with E-state index in [0.717, 1.165) is 31.2 Å². The second-order valence-electron chi connectivity index (χ2n) is 6.30. The van der Waals surface area contributed by atoms with Crippen LogP contribution in [0.4, 0.5) is 0 Å².